The lowest BCUT2D eigenvalue weighted by Crippen LogP contribution is -2.48. The third-order valence-electron chi connectivity index (χ3n) is 4.59. The van der Waals surface area contributed by atoms with Crippen LogP contribution in [0, 0.1) is 0 Å². The molecular weight excluding hydrogens is 368 g/mol. The number of hydrazone groups is 1. The van der Waals surface area contributed by atoms with Gasteiger partial charge >= 0.3 is 0 Å². The van der Waals surface area contributed by atoms with E-state index in [9.17, 15) is 14.4 Å². The minimum Gasteiger partial charge on any atom is -0.350 e. The predicted octanol–water partition coefficient (Wildman–Crippen LogP) is 1.99. The van der Waals surface area contributed by atoms with Crippen molar-refractivity contribution >= 4 is 23.4 Å². The molecule has 2 aromatic rings. The van der Waals surface area contributed by atoms with E-state index in [1.807, 2.05) is 60.7 Å². The van der Waals surface area contributed by atoms with E-state index in [1.165, 1.54) is 5.01 Å². The molecule has 3 amide bonds. The molecule has 2 aromatic carbocycles. The van der Waals surface area contributed by atoms with Crippen LogP contribution in [0.3, 0.4) is 0 Å². The third kappa shape index (κ3) is 5.75. The van der Waals surface area contributed by atoms with Crippen LogP contribution in [0.25, 0.3) is 0 Å². The van der Waals surface area contributed by atoms with E-state index in [-0.39, 0.29) is 30.4 Å². The molecule has 0 spiro atoms. The van der Waals surface area contributed by atoms with Gasteiger partial charge in [0.15, 0.2) is 0 Å². The Balaban J connectivity index is 1.56. The average Bonchev–Trinajstić information content (AvgIpc) is 2.75. The van der Waals surface area contributed by atoms with Crippen LogP contribution in [0.5, 0.6) is 0 Å². The van der Waals surface area contributed by atoms with E-state index in [1.54, 1.807) is 6.92 Å². The van der Waals surface area contributed by atoms with Gasteiger partial charge < -0.3 is 10.6 Å². The highest BCUT2D eigenvalue weighted by Crippen LogP contribution is 2.13. The second-order valence-electron chi connectivity index (χ2n) is 6.88. The second-order valence-corrected chi connectivity index (χ2v) is 6.88. The lowest BCUT2D eigenvalue weighted by Gasteiger charge is -2.24. The van der Waals surface area contributed by atoms with Gasteiger partial charge in [-0.05, 0) is 18.1 Å². The zero-order valence-corrected chi connectivity index (χ0v) is 16.3. The number of nitrogens with one attached hydrogen (secondary N) is 2. The molecule has 0 aromatic heterocycles. The van der Waals surface area contributed by atoms with Gasteiger partial charge in [0, 0.05) is 19.4 Å². The number of benzene rings is 2. The Morgan fingerprint density at radius 2 is 1.62 bits per heavy atom. The molecule has 7 nitrogen and oxygen atoms in total. The van der Waals surface area contributed by atoms with E-state index in [0.29, 0.717) is 13.1 Å². The maximum atomic E-state index is 12.5. The van der Waals surface area contributed by atoms with Gasteiger partial charge in [0.25, 0.3) is 5.91 Å². The predicted molar refractivity (Wildman–Crippen MR) is 110 cm³/mol. The van der Waals surface area contributed by atoms with Crippen molar-refractivity contribution in [3.63, 3.8) is 0 Å². The minimum atomic E-state index is -0.714. The van der Waals surface area contributed by atoms with Gasteiger partial charge in [0.05, 0.1) is 6.54 Å². The Morgan fingerprint density at radius 1 is 1.00 bits per heavy atom. The molecule has 1 heterocycles. The molecule has 0 fully saturated rings. The smallest absolute Gasteiger partial charge is 0.268 e. The molecule has 1 unspecified atom stereocenters. The van der Waals surface area contributed by atoms with Crippen molar-refractivity contribution in [3.8, 4) is 0 Å². The third-order valence-corrected chi connectivity index (χ3v) is 4.59. The van der Waals surface area contributed by atoms with Crippen LogP contribution < -0.4 is 10.6 Å². The van der Waals surface area contributed by atoms with Crippen LogP contribution in [0.1, 0.15) is 30.9 Å². The fraction of sp³-hybridized carbons (Fsp3) is 0.273. The molecule has 1 atom stereocenters. The molecule has 2 N–H and O–H groups in total. The van der Waals surface area contributed by atoms with Crippen LogP contribution in [0.4, 0.5) is 0 Å². The van der Waals surface area contributed by atoms with Crippen LogP contribution in [-0.4, -0.2) is 34.5 Å². The van der Waals surface area contributed by atoms with Gasteiger partial charge in [0.1, 0.15) is 11.8 Å². The van der Waals surface area contributed by atoms with Crippen molar-refractivity contribution in [1.29, 1.82) is 0 Å². The molecule has 29 heavy (non-hydrogen) atoms. The standard InChI is InChI=1S/C22H24N4O3/c1-16(21(28)23-14-17-8-4-2-5-9-17)24-22(29)19-12-13-20(27)26(25-19)15-18-10-6-3-7-11-18/h2-11,16H,12-15H2,1H3,(H,23,28)(H,24,29). The molecule has 0 radical (unpaired) electrons. The SMILES string of the molecule is CC(NC(=O)C1=NN(Cc2ccccc2)C(=O)CC1)C(=O)NCc1ccccc1. The number of hydrogen-bond donors (Lipinski definition) is 2. The summed E-state index contributed by atoms with van der Waals surface area (Å²) in [6, 6.07) is 18.3. The summed E-state index contributed by atoms with van der Waals surface area (Å²) in [6.07, 6.45) is 0.474. The van der Waals surface area contributed by atoms with Gasteiger partial charge in [0.2, 0.25) is 11.8 Å². The van der Waals surface area contributed by atoms with Crippen molar-refractivity contribution < 1.29 is 14.4 Å². The largest absolute Gasteiger partial charge is 0.350 e. The Bertz CT molecular complexity index is 897. The van der Waals surface area contributed by atoms with Gasteiger partial charge in [-0.3, -0.25) is 14.4 Å². The molecule has 7 heteroatoms. The maximum Gasteiger partial charge on any atom is 0.268 e. The molecule has 0 bridgehead atoms. The van der Waals surface area contributed by atoms with E-state index in [4.69, 9.17) is 0 Å². The highest BCUT2D eigenvalue weighted by atomic mass is 16.2. The Kier molecular flexibility index (Phi) is 6.73. The molecular formula is C22H24N4O3. The summed E-state index contributed by atoms with van der Waals surface area (Å²) in [6.45, 7) is 2.32. The highest BCUT2D eigenvalue weighted by Gasteiger charge is 2.26. The summed E-state index contributed by atoms with van der Waals surface area (Å²) in [5, 5.41) is 11.0. The van der Waals surface area contributed by atoms with Gasteiger partial charge in [-0.2, -0.15) is 5.10 Å². The zero-order chi connectivity index (χ0) is 20.6. The fourth-order valence-corrected chi connectivity index (χ4v) is 2.93. The van der Waals surface area contributed by atoms with Crippen molar-refractivity contribution in [1.82, 2.24) is 15.6 Å². The van der Waals surface area contributed by atoms with Crippen LogP contribution in [0.15, 0.2) is 65.8 Å². The van der Waals surface area contributed by atoms with Crippen molar-refractivity contribution in [2.45, 2.75) is 38.9 Å². The van der Waals surface area contributed by atoms with E-state index in [2.05, 4.69) is 15.7 Å². The summed E-state index contributed by atoms with van der Waals surface area (Å²) in [7, 11) is 0. The second kappa shape index (κ2) is 9.64. The number of carbonyl (C=O) groups excluding carboxylic acids is 3. The molecule has 1 aliphatic heterocycles. The van der Waals surface area contributed by atoms with E-state index >= 15 is 0 Å². The lowest BCUT2D eigenvalue weighted by atomic mass is 10.1. The summed E-state index contributed by atoms with van der Waals surface area (Å²) >= 11 is 0. The molecule has 1 aliphatic rings. The van der Waals surface area contributed by atoms with E-state index < -0.39 is 11.9 Å². The zero-order valence-electron chi connectivity index (χ0n) is 16.3. The number of nitrogens with zero attached hydrogens (tertiary/aromatic N) is 2. The van der Waals surface area contributed by atoms with Crippen LogP contribution in [0.2, 0.25) is 0 Å². The number of carbonyl (C=O) groups is 3. The monoisotopic (exact) mass is 392 g/mol. The maximum absolute atomic E-state index is 12.5. The van der Waals surface area contributed by atoms with Crippen molar-refractivity contribution in [2.75, 3.05) is 0 Å². The average molecular weight is 392 g/mol. The fourth-order valence-electron chi connectivity index (χ4n) is 2.93. The summed E-state index contributed by atoms with van der Waals surface area (Å²) in [4.78, 5) is 36.9. The van der Waals surface area contributed by atoms with Crippen LogP contribution in [-0.2, 0) is 27.5 Å². The normalized spacial score (nSPS) is 14.7. The Labute approximate surface area is 169 Å². The Morgan fingerprint density at radius 3 is 2.28 bits per heavy atom. The minimum absolute atomic E-state index is 0.126. The topological polar surface area (TPSA) is 90.9 Å². The summed E-state index contributed by atoms with van der Waals surface area (Å²) in [5.74, 6) is -0.840. The van der Waals surface area contributed by atoms with Crippen LogP contribution >= 0.6 is 0 Å². The number of hydrogen-bond acceptors (Lipinski definition) is 4. The van der Waals surface area contributed by atoms with Gasteiger partial charge in [-0.1, -0.05) is 60.7 Å². The van der Waals surface area contributed by atoms with Crippen molar-refractivity contribution in [3.05, 3.63) is 71.8 Å². The first-order valence-electron chi connectivity index (χ1n) is 9.57. The summed E-state index contributed by atoms with van der Waals surface area (Å²) < 4.78 is 0. The quantitative estimate of drug-likeness (QED) is 0.755. The van der Waals surface area contributed by atoms with Gasteiger partial charge in [-0.15, -0.1) is 0 Å². The first-order valence-corrected chi connectivity index (χ1v) is 9.57. The van der Waals surface area contributed by atoms with Gasteiger partial charge in [-0.25, -0.2) is 5.01 Å². The van der Waals surface area contributed by atoms with Crippen molar-refractivity contribution in [2.24, 2.45) is 5.10 Å². The number of rotatable bonds is 7. The lowest BCUT2D eigenvalue weighted by molar-refractivity contribution is -0.132. The first-order chi connectivity index (χ1) is 14.0. The first kappa shape index (κ1) is 20.3. The highest BCUT2D eigenvalue weighted by molar-refractivity contribution is 6.39. The molecule has 3 rings (SSSR count). The molecule has 0 saturated heterocycles. The van der Waals surface area contributed by atoms with E-state index in [0.717, 1.165) is 11.1 Å². The molecule has 0 aliphatic carbocycles. The summed E-state index contributed by atoms with van der Waals surface area (Å²) in [5.41, 5.74) is 2.16. The number of amides is 3. The molecule has 150 valence electrons. The molecule has 0 saturated carbocycles. The Hall–Kier alpha value is -3.48.